The van der Waals surface area contributed by atoms with Gasteiger partial charge in [-0.2, -0.15) is 0 Å². The molecule has 2 rings (SSSR count). The minimum Gasteiger partial charge on any atom is -0.507 e. The van der Waals surface area contributed by atoms with Crippen LogP contribution in [0, 0.1) is 0 Å². The fourth-order valence-electron chi connectivity index (χ4n) is 1.78. The number of aromatic hydroxyl groups is 3. The SMILES string of the molecule is CCc1c(O)c(O)c2ccccc2c1O. The van der Waals surface area contributed by atoms with Crippen molar-refractivity contribution in [2.24, 2.45) is 0 Å². The molecule has 3 heteroatoms. The molecule has 0 heterocycles. The highest BCUT2D eigenvalue weighted by molar-refractivity contribution is 5.96. The van der Waals surface area contributed by atoms with Crippen LogP contribution < -0.4 is 0 Å². The van der Waals surface area contributed by atoms with Crippen molar-refractivity contribution in [2.45, 2.75) is 13.3 Å². The first-order valence-electron chi connectivity index (χ1n) is 4.81. The number of hydrogen-bond donors (Lipinski definition) is 3. The third-order valence-corrected chi connectivity index (χ3v) is 2.59. The largest absolute Gasteiger partial charge is 0.507 e. The van der Waals surface area contributed by atoms with Crippen molar-refractivity contribution in [1.29, 1.82) is 0 Å². The summed E-state index contributed by atoms with van der Waals surface area (Å²) >= 11 is 0. The number of rotatable bonds is 1. The summed E-state index contributed by atoms with van der Waals surface area (Å²) in [6, 6.07) is 6.89. The standard InChI is InChI=1S/C12H12O3/c1-2-7-10(13)8-5-3-4-6-9(8)12(15)11(7)14/h3-6,13-15H,2H2,1H3. The molecule has 0 unspecified atom stereocenters. The molecular weight excluding hydrogens is 192 g/mol. The van der Waals surface area contributed by atoms with E-state index < -0.39 is 0 Å². The van der Waals surface area contributed by atoms with Gasteiger partial charge in [0.2, 0.25) is 0 Å². The van der Waals surface area contributed by atoms with Gasteiger partial charge in [-0.3, -0.25) is 0 Å². The minimum absolute atomic E-state index is 0.0448. The molecule has 78 valence electrons. The van der Waals surface area contributed by atoms with E-state index in [1.807, 2.05) is 6.92 Å². The second-order valence-corrected chi connectivity index (χ2v) is 3.42. The Balaban J connectivity index is 2.96. The lowest BCUT2D eigenvalue weighted by Crippen LogP contribution is -1.86. The Hall–Kier alpha value is -1.90. The zero-order valence-electron chi connectivity index (χ0n) is 8.36. The highest BCUT2D eigenvalue weighted by atomic mass is 16.3. The van der Waals surface area contributed by atoms with E-state index in [1.165, 1.54) is 0 Å². The molecule has 0 aliphatic rings. The molecule has 0 saturated heterocycles. The highest BCUT2D eigenvalue weighted by Crippen LogP contribution is 2.43. The normalized spacial score (nSPS) is 10.7. The van der Waals surface area contributed by atoms with Gasteiger partial charge in [-0.05, 0) is 6.42 Å². The summed E-state index contributed by atoms with van der Waals surface area (Å²) in [6.45, 7) is 1.81. The zero-order valence-corrected chi connectivity index (χ0v) is 8.36. The van der Waals surface area contributed by atoms with Gasteiger partial charge in [0.15, 0.2) is 11.5 Å². The van der Waals surface area contributed by atoms with Crippen molar-refractivity contribution in [1.82, 2.24) is 0 Å². The molecule has 3 N–H and O–H groups in total. The van der Waals surface area contributed by atoms with Crippen LogP contribution in [0.25, 0.3) is 10.8 Å². The van der Waals surface area contributed by atoms with Crippen LogP contribution in [0.5, 0.6) is 17.2 Å². The van der Waals surface area contributed by atoms with Crippen molar-refractivity contribution >= 4 is 10.8 Å². The minimum atomic E-state index is -0.228. The zero-order chi connectivity index (χ0) is 11.0. The van der Waals surface area contributed by atoms with Crippen LogP contribution in [0.2, 0.25) is 0 Å². The molecular formula is C12H12O3. The number of fused-ring (bicyclic) bond motifs is 1. The first-order valence-corrected chi connectivity index (χ1v) is 4.81. The fraction of sp³-hybridized carbons (Fsp3) is 0.167. The van der Waals surface area contributed by atoms with Crippen LogP contribution in [-0.4, -0.2) is 15.3 Å². The Kier molecular flexibility index (Phi) is 2.15. The average molecular weight is 204 g/mol. The molecule has 2 aromatic carbocycles. The van der Waals surface area contributed by atoms with E-state index in [0.29, 0.717) is 22.8 Å². The van der Waals surface area contributed by atoms with E-state index in [9.17, 15) is 15.3 Å². The number of hydrogen-bond acceptors (Lipinski definition) is 3. The quantitative estimate of drug-likeness (QED) is 0.494. The van der Waals surface area contributed by atoms with Crippen LogP contribution in [0.3, 0.4) is 0 Å². The summed E-state index contributed by atoms with van der Waals surface area (Å²) in [5.74, 6) is -0.350. The topological polar surface area (TPSA) is 60.7 Å². The van der Waals surface area contributed by atoms with Crippen LogP contribution in [0.15, 0.2) is 24.3 Å². The van der Waals surface area contributed by atoms with Crippen molar-refractivity contribution in [3.05, 3.63) is 29.8 Å². The van der Waals surface area contributed by atoms with E-state index in [4.69, 9.17) is 0 Å². The monoisotopic (exact) mass is 204 g/mol. The predicted octanol–water partition coefficient (Wildman–Crippen LogP) is 2.52. The van der Waals surface area contributed by atoms with E-state index in [1.54, 1.807) is 24.3 Å². The predicted molar refractivity (Wildman–Crippen MR) is 58.3 cm³/mol. The van der Waals surface area contributed by atoms with Crippen molar-refractivity contribution in [3.63, 3.8) is 0 Å². The molecule has 2 aromatic rings. The Labute approximate surface area is 87.2 Å². The van der Waals surface area contributed by atoms with Gasteiger partial charge >= 0.3 is 0 Å². The van der Waals surface area contributed by atoms with Gasteiger partial charge in [-0.15, -0.1) is 0 Å². The molecule has 0 aromatic heterocycles. The highest BCUT2D eigenvalue weighted by Gasteiger charge is 2.16. The van der Waals surface area contributed by atoms with Gasteiger partial charge in [-0.1, -0.05) is 31.2 Å². The Bertz CT molecular complexity index is 518. The molecule has 0 atom stereocenters. The molecule has 0 saturated carbocycles. The molecule has 0 spiro atoms. The summed E-state index contributed by atoms with van der Waals surface area (Å²) in [7, 11) is 0. The molecule has 0 amide bonds. The maximum atomic E-state index is 9.88. The van der Waals surface area contributed by atoms with E-state index in [-0.39, 0.29) is 17.2 Å². The summed E-state index contributed by atoms with van der Waals surface area (Å²) in [4.78, 5) is 0. The van der Waals surface area contributed by atoms with Crippen molar-refractivity contribution in [2.75, 3.05) is 0 Å². The van der Waals surface area contributed by atoms with Crippen LogP contribution in [0.4, 0.5) is 0 Å². The van der Waals surface area contributed by atoms with Gasteiger partial charge in [0.1, 0.15) is 5.75 Å². The van der Waals surface area contributed by atoms with Crippen molar-refractivity contribution < 1.29 is 15.3 Å². The Morgan fingerprint density at radius 1 is 0.867 bits per heavy atom. The molecule has 15 heavy (non-hydrogen) atoms. The van der Waals surface area contributed by atoms with Gasteiger partial charge < -0.3 is 15.3 Å². The molecule has 3 nitrogen and oxygen atoms in total. The van der Waals surface area contributed by atoms with E-state index in [2.05, 4.69) is 0 Å². The van der Waals surface area contributed by atoms with E-state index >= 15 is 0 Å². The second kappa shape index (κ2) is 3.35. The first-order chi connectivity index (χ1) is 7.16. The van der Waals surface area contributed by atoms with Gasteiger partial charge in [0, 0.05) is 16.3 Å². The molecule has 0 bridgehead atoms. The lowest BCUT2D eigenvalue weighted by molar-refractivity contribution is 0.396. The number of benzene rings is 2. The number of phenols is 3. The lowest BCUT2D eigenvalue weighted by atomic mass is 10.0. The Morgan fingerprint density at radius 3 is 1.93 bits per heavy atom. The third-order valence-electron chi connectivity index (χ3n) is 2.59. The Morgan fingerprint density at radius 2 is 1.40 bits per heavy atom. The van der Waals surface area contributed by atoms with Crippen LogP contribution in [-0.2, 0) is 6.42 Å². The maximum absolute atomic E-state index is 9.88. The van der Waals surface area contributed by atoms with Crippen molar-refractivity contribution in [3.8, 4) is 17.2 Å². The van der Waals surface area contributed by atoms with Crippen LogP contribution in [0.1, 0.15) is 12.5 Å². The maximum Gasteiger partial charge on any atom is 0.166 e. The third kappa shape index (κ3) is 1.28. The van der Waals surface area contributed by atoms with Gasteiger partial charge in [0.05, 0.1) is 0 Å². The molecule has 0 radical (unpaired) electrons. The average Bonchev–Trinajstić information content (AvgIpc) is 2.27. The van der Waals surface area contributed by atoms with Gasteiger partial charge in [0.25, 0.3) is 0 Å². The summed E-state index contributed by atoms with van der Waals surface area (Å²) in [6.07, 6.45) is 0.468. The smallest absolute Gasteiger partial charge is 0.166 e. The summed E-state index contributed by atoms with van der Waals surface area (Å²) in [5, 5.41) is 30.3. The molecule has 0 aliphatic heterocycles. The van der Waals surface area contributed by atoms with E-state index in [0.717, 1.165) is 0 Å². The molecule has 0 aliphatic carbocycles. The lowest BCUT2D eigenvalue weighted by Gasteiger charge is -2.11. The first kappa shape index (κ1) is 9.65. The van der Waals surface area contributed by atoms with Crippen LogP contribution >= 0.6 is 0 Å². The summed E-state index contributed by atoms with van der Waals surface area (Å²) in [5.41, 5.74) is 0.381. The summed E-state index contributed by atoms with van der Waals surface area (Å²) < 4.78 is 0. The number of phenolic OH excluding ortho intramolecular Hbond substituents is 3. The van der Waals surface area contributed by atoms with Gasteiger partial charge in [-0.25, -0.2) is 0 Å². The molecule has 0 fully saturated rings. The fourth-order valence-corrected chi connectivity index (χ4v) is 1.78. The second-order valence-electron chi connectivity index (χ2n) is 3.42.